The van der Waals surface area contributed by atoms with Crippen LogP contribution >= 0.6 is 15.9 Å². The molecule has 3 rings (SSSR count). The molecule has 0 N–H and O–H groups in total. The van der Waals surface area contributed by atoms with Crippen molar-refractivity contribution >= 4 is 37.4 Å². The second kappa shape index (κ2) is 6.69. The lowest BCUT2D eigenvalue weighted by atomic mass is 9.94. The fourth-order valence-electron chi connectivity index (χ4n) is 3.10. The molecule has 1 unspecified atom stereocenters. The van der Waals surface area contributed by atoms with E-state index in [9.17, 15) is 13.2 Å². The first-order chi connectivity index (χ1) is 11.4. The van der Waals surface area contributed by atoms with Crippen LogP contribution in [0.5, 0.6) is 0 Å². The summed E-state index contributed by atoms with van der Waals surface area (Å²) in [7, 11) is -3.30. The van der Waals surface area contributed by atoms with Crippen molar-refractivity contribution in [3.05, 3.63) is 64.1 Å². The number of hydrogen-bond acceptors (Lipinski definition) is 3. The van der Waals surface area contributed by atoms with E-state index in [-0.39, 0.29) is 11.7 Å². The lowest BCUT2D eigenvalue weighted by Gasteiger charge is -2.16. The standard InChI is InChI=1S/C18H18BrNO3S/c1-24(22,23)20-12-14(16-4-2-3-5-17(16)20)8-11-18(21)13-6-9-15(19)10-7-13/h2-7,9-10,14H,8,11-12H2,1H3. The molecule has 0 amide bonds. The van der Waals surface area contributed by atoms with Crippen LogP contribution in [-0.2, 0) is 10.0 Å². The van der Waals surface area contributed by atoms with Crippen LogP contribution in [0, 0.1) is 0 Å². The highest BCUT2D eigenvalue weighted by Crippen LogP contribution is 2.39. The first kappa shape index (κ1) is 17.2. The summed E-state index contributed by atoms with van der Waals surface area (Å²) >= 11 is 3.36. The molecule has 2 aromatic rings. The first-order valence-corrected chi connectivity index (χ1v) is 10.4. The third-order valence-corrected chi connectivity index (χ3v) is 5.99. The number of rotatable bonds is 5. The highest BCUT2D eigenvalue weighted by molar-refractivity contribution is 9.10. The van der Waals surface area contributed by atoms with E-state index >= 15 is 0 Å². The van der Waals surface area contributed by atoms with Crippen LogP contribution in [0.2, 0.25) is 0 Å². The minimum Gasteiger partial charge on any atom is -0.294 e. The van der Waals surface area contributed by atoms with Crippen LogP contribution in [0.3, 0.4) is 0 Å². The summed E-state index contributed by atoms with van der Waals surface area (Å²) < 4.78 is 26.4. The van der Waals surface area contributed by atoms with Crippen molar-refractivity contribution in [3.8, 4) is 0 Å². The Hall–Kier alpha value is -1.66. The summed E-state index contributed by atoms with van der Waals surface area (Å²) in [6, 6.07) is 14.8. The number of ketones is 1. The molecule has 2 aromatic carbocycles. The van der Waals surface area contributed by atoms with Gasteiger partial charge in [-0.3, -0.25) is 9.10 Å². The van der Waals surface area contributed by atoms with Gasteiger partial charge in [0.15, 0.2) is 5.78 Å². The number of fused-ring (bicyclic) bond motifs is 1. The number of sulfonamides is 1. The second-order valence-electron chi connectivity index (χ2n) is 6.02. The Morgan fingerprint density at radius 2 is 1.83 bits per heavy atom. The van der Waals surface area contributed by atoms with Crippen molar-refractivity contribution in [1.29, 1.82) is 0 Å². The Morgan fingerprint density at radius 1 is 1.17 bits per heavy atom. The molecule has 1 aliphatic rings. The van der Waals surface area contributed by atoms with Crippen LogP contribution in [0.25, 0.3) is 0 Å². The number of carbonyl (C=O) groups is 1. The molecule has 0 aromatic heterocycles. The molecule has 0 fully saturated rings. The Morgan fingerprint density at radius 3 is 2.50 bits per heavy atom. The van der Waals surface area contributed by atoms with Gasteiger partial charge >= 0.3 is 0 Å². The topological polar surface area (TPSA) is 54.5 Å². The summed E-state index contributed by atoms with van der Waals surface area (Å²) in [6.07, 6.45) is 2.26. The maximum absolute atomic E-state index is 12.4. The van der Waals surface area contributed by atoms with Gasteiger partial charge in [-0.25, -0.2) is 8.42 Å². The van der Waals surface area contributed by atoms with Gasteiger partial charge < -0.3 is 0 Å². The molecule has 0 spiro atoms. The van der Waals surface area contributed by atoms with Crippen molar-refractivity contribution in [2.24, 2.45) is 0 Å². The van der Waals surface area contributed by atoms with Crippen molar-refractivity contribution in [2.45, 2.75) is 18.8 Å². The summed E-state index contributed by atoms with van der Waals surface area (Å²) in [4.78, 5) is 12.4. The van der Waals surface area contributed by atoms with Crippen molar-refractivity contribution in [1.82, 2.24) is 0 Å². The maximum atomic E-state index is 12.4. The molecule has 1 atom stereocenters. The molecule has 4 nitrogen and oxygen atoms in total. The Balaban J connectivity index is 1.74. The fourth-order valence-corrected chi connectivity index (χ4v) is 4.34. The normalized spacial score (nSPS) is 16.9. The summed E-state index contributed by atoms with van der Waals surface area (Å²) in [5.74, 6) is 0.133. The predicted molar refractivity (Wildman–Crippen MR) is 99.1 cm³/mol. The summed E-state index contributed by atoms with van der Waals surface area (Å²) in [6.45, 7) is 0.409. The van der Waals surface area contributed by atoms with E-state index in [0.717, 1.165) is 15.7 Å². The van der Waals surface area contributed by atoms with Crippen molar-refractivity contribution in [2.75, 3.05) is 17.1 Å². The summed E-state index contributed by atoms with van der Waals surface area (Å²) in [5, 5.41) is 0. The molecule has 1 aliphatic heterocycles. The zero-order valence-corrected chi connectivity index (χ0v) is 15.7. The largest absolute Gasteiger partial charge is 0.294 e. The number of Topliss-reactive ketones (excluding diaryl/α,β-unsaturated/α-hetero) is 1. The highest BCUT2D eigenvalue weighted by Gasteiger charge is 2.33. The van der Waals surface area contributed by atoms with E-state index in [2.05, 4.69) is 15.9 Å². The Labute approximate surface area is 150 Å². The van der Waals surface area contributed by atoms with Gasteiger partial charge in [-0.15, -0.1) is 0 Å². The zero-order chi connectivity index (χ0) is 17.3. The van der Waals surface area contributed by atoms with Crippen LogP contribution < -0.4 is 4.31 Å². The van der Waals surface area contributed by atoms with Gasteiger partial charge in [0, 0.05) is 28.9 Å². The third-order valence-electron chi connectivity index (χ3n) is 4.32. The van der Waals surface area contributed by atoms with Gasteiger partial charge in [0.2, 0.25) is 10.0 Å². The van der Waals surface area contributed by atoms with E-state index < -0.39 is 10.0 Å². The molecule has 6 heteroatoms. The van der Waals surface area contributed by atoms with Gasteiger partial charge in [0.05, 0.1) is 11.9 Å². The van der Waals surface area contributed by atoms with E-state index in [4.69, 9.17) is 0 Å². The Bertz CT molecular complexity index is 862. The molecular formula is C18H18BrNO3S. The predicted octanol–water partition coefficient (Wildman–Crippen LogP) is 3.98. The maximum Gasteiger partial charge on any atom is 0.232 e. The minimum absolute atomic E-state index is 0.0512. The van der Waals surface area contributed by atoms with Gasteiger partial charge in [-0.05, 0) is 30.2 Å². The number of para-hydroxylation sites is 1. The van der Waals surface area contributed by atoms with Crippen LogP contribution in [0.1, 0.15) is 34.7 Å². The van der Waals surface area contributed by atoms with E-state index in [0.29, 0.717) is 24.9 Å². The fraction of sp³-hybridized carbons (Fsp3) is 0.278. The zero-order valence-electron chi connectivity index (χ0n) is 13.3. The third kappa shape index (κ3) is 3.54. The average Bonchev–Trinajstić information content (AvgIpc) is 2.92. The molecule has 0 radical (unpaired) electrons. The number of hydrogen-bond donors (Lipinski definition) is 0. The minimum atomic E-state index is -3.30. The number of anilines is 1. The number of benzene rings is 2. The number of halogens is 1. The van der Waals surface area contributed by atoms with Crippen molar-refractivity contribution < 1.29 is 13.2 Å². The monoisotopic (exact) mass is 407 g/mol. The van der Waals surface area contributed by atoms with E-state index in [1.54, 1.807) is 12.1 Å². The number of carbonyl (C=O) groups excluding carboxylic acids is 1. The lowest BCUT2D eigenvalue weighted by molar-refractivity contribution is 0.0978. The van der Waals surface area contributed by atoms with Gasteiger partial charge in [0.1, 0.15) is 0 Å². The van der Waals surface area contributed by atoms with Gasteiger partial charge in [-0.1, -0.05) is 46.3 Å². The summed E-state index contributed by atoms with van der Waals surface area (Å²) in [5.41, 5.74) is 2.43. The van der Waals surface area contributed by atoms with Crippen LogP contribution in [0.15, 0.2) is 53.0 Å². The van der Waals surface area contributed by atoms with E-state index in [1.165, 1.54) is 10.6 Å². The second-order valence-corrected chi connectivity index (χ2v) is 8.84. The lowest BCUT2D eigenvalue weighted by Crippen LogP contribution is -2.28. The van der Waals surface area contributed by atoms with Gasteiger partial charge in [-0.2, -0.15) is 0 Å². The van der Waals surface area contributed by atoms with Crippen LogP contribution in [-0.4, -0.2) is 27.0 Å². The van der Waals surface area contributed by atoms with Crippen molar-refractivity contribution in [3.63, 3.8) is 0 Å². The number of nitrogens with zero attached hydrogens (tertiary/aromatic N) is 1. The first-order valence-electron chi connectivity index (χ1n) is 7.71. The molecule has 0 saturated heterocycles. The van der Waals surface area contributed by atoms with Crippen LogP contribution in [0.4, 0.5) is 5.69 Å². The SMILES string of the molecule is CS(=O)(=O)N1CC(CCC(=O)c2ccc(Br)cc2)c2ccccc21. The average molecular weight is 408 g/mol. The molecule has 0 bridgehead atoms. The molecule has 0 aliphatic carbocycles. The molecule has 0 saturated carbocycles. The highest BCUT2D eigenvalue weighted by atomic mass is 79.9. The Kier molecular flexibility index (Phi) is 4.78. The molecular weight excluding hydrogens is 390 g/mol. The molecule has 126 valence electrons. The van der Waals surface area contributed by atoms with Gasteiger partial charge in [0.25, 0.3) is 0 Å². The quantitative estimate of drug-likeness (QED) is 0.704. The smallest absolute Gasteiger partial charge is 0.232 e. The molecule has 24 heavy (non-hydrogen) atoms. The molecule has 1 heterocycles. The van der Waals surface area contributed by atoms with E-state index in [1.807, 2.05) is 36.4 Å².